The molecule has 0 spiro atoms. The number of ketones is 1. The van der Waals surface area contributed by atoms with Gasteiger partial charge in [0.15, 0.2) is 17.3 Å². The molecule has 140 valence electrons. The van der Waals surface area contributed by atoms with Gasteiger partial charge in [-0.25, -0.2) is 0 Å². The van der Waals surface area contributed by atoms with Crippen molar-refractivity contribution < 1.29 is 14.3 Å². The van der Waals surface area contributed by atoms with Gasteiger partial charge in [0.1, 0.15) is 16.0 Å². The van der Waals surface area contributed by atoms with E-state index in [1.165, 1.54) is 11.8 Å². The van der Waals surface area contributed by atoms with E-state index in [-0.39, 0.29) is 11.7 Å². The number of thioether (sulfide) groups is 1. The maximum atomic E-state index is 12.3. The summed E-state index contributed by atoms with van der Waals surface area (Å²) in [5.74, 6) is 0.810. The predicted molar refractivity (Wildman–Crippen MR) is 102 cm³/mol. The van der Waals surface area contributed by atoms with Gasteiger partial charge in [0.2, 0.25) is 5.91 Å². The summed E-state index contributed by atoms with van der Waals surface area (Å²) < 4.78 is 6.77. The maximum Gasteiger partial charge on any atom is 0.243 e. The first kappa shape index (κ1) is 18.8. The Morgan fingerprint density at radius 1 is 1.11 bits per heavy atom. The van der Waals surface area contributed by atoms with Crippen LogP contribution in [0.3, 0.4) is 0 Å². The van der Waals surface area contributed by atoms with E-state index in [9.17, 15) is 9.59 Å². The Hall–Kier alpha value is -2.94. The minimum atomic E-state index is -0.842. The van der Waals surface area contributed by atoms with Crippen molar-refractivity contribution in [1.82, 2.24) is 24.7 Å². The number of aromatic nitrogens is 4. The molecule has 2 aromatic heterocycles. The first-order valence-corrected chi connectivity index (χ1v) is 9.04. The average molecular weight is 385 g/mol. The number of methoxy groups -OCH3 is 1. The molecule has 0 radical (unpaired) electrons. The molecule has 27 heavy (non-hydrogen) atoms. The Bertz CT molecular complexity index is 984. The number of fused-ring (bicyclic) bond motifs is 1. The summed E-state index contributed by atoms with van der Waals surface area (Å²) in [6, 6.07) is 10.9. The van der Waals surface area contributed by atoms with E-state index in [1.807, 2.05) is 24.3 Å². The molecule has 0 saturated carbocycles. The van der Waals surface area contributed by atoms with Gasteiger partial charge in [-0.05, 0) is 43.3 Å². The standard InChI is InChI=1S/C18H19N5O3S/c1-11(24)16(18(25)22(2)3)27-15-10-9-14-19-20-17(23(14)21-15)12-5-7-13(26-4)8-6-12/h5-10,16H,1-4H3. The van der Waals surface area contributed by atoms with E-state index >= 15 is 0 Å². The molecule has 0 bridgehead atoms. The number of nitrogens with zero attached hydrogens (tertiary/aromatic N) is 5. The zero-order valence-corrected chi connectivity index (χ0v) is 16.2. The summed E-state index contributed by atoms with van der Waals surface area (Å²) in [5, 5.41) is 12.5. The molecule has 3 rings (SSSR count). The van der Waals surface area contributed by atoms with Crippen LogP contribution in [0.15, 0.2) is 41.4 Å². The predicted octanol–water partition coefficient (Wildman–Crippen LogP) is 1.94. The van der Waals surface area contributed by atoms with Crippen LogP contribution in [-0.4, -0.2) is 62.9 Å². The molecule has 0 aliphatic rings. The molecule has 1 atom stereocenters. The van der Waals surface area contributed by atoms with Crippen LogP contribution in [0.25, 0.3) is 17.0 Å². The minimum absolute atomic E-state index is 0.222. The third-order valence-corrected chi connectivity index (χ3v) is 5.09. The van der Waals surface area contributed by atoms with E-state index in [4.69, 9.17) is 4.74 Å². The fourth-order valence-electron chi connectivity index (χ4n) is 2.42. The number of Topliss-reactive ketones (excluding diaryl/α,β-unsaturated/α-hetero) is 1. The topological polar surface area (TPSA) is 89.7 Å². The molecule has 0 aliphatic heterocycles. The van der Waals surface area contributed by atoms with Crippen LogP contribution >= 0.6 is 11.8 Å². The first-order valence-electron chi connectivity index (χ1n) is 8.16. The van der Waals surface area contributed by atoms with Gasteiger partial charge >= 0.3 is 0 Å². The van der Waals surface area contributed by atoms with Gasteiger partial charge in [-0.1, -0.05) is 11.8 Å². The van der Waals surface area contributed by atoms with Crippen molar-refractivity contribution >= 4 is 29.1 Å². The lowest BCUT2D eigenvalue weighted by molar-refractivity contribution is -0.132. The molecule has 0 fully saturated rings. The molecule has 1 amide bonds. The molecule has 0 aliphatic carbocycles. The van der Waals surface area contributed by atoms with Gasteiger partial charge in [-0.2, -0.15) is 9.61 Å². The summed E-state index contributed by atoms with van der Waals surface area (Å²) in [7, 11) is 4.85. The third-order valence-electron chi connectivity index (χ3n) is 3.86. The fourth-order valence-corrected chi connectivity index (χ4v) is 3.41. The molecule has 1 unspecified atom stereocenters. The fraction of sp³-hybridized carbons (Fsp3) is 0.278. The quantitative estimate of drug-likeness (QED) is 0.473. The van der Waals surface area contributed by atoms with Crippen molar-refractivity contribution in [3.63, 3.8) is 0 Å². The maximum absolute atomic E-state index is 12.3. The summed E-state index contributed by atoms with van der Waals surface area (Å²) in [6.45, 7) is 1.40. The smallest absolute Gasteiger partial charge is 0.243 e. The Morgan fingerprint density at radius 2 is 1.81 bits per heavy atom. The normalized spacial score (nSPS) is 12.0. The second-order valence-electron chi connectivity index (χ2n) is 6.03. The summed E-state index contributed by atoms with van der Waals surface area (Å²) >= 11 is 1.11. The van der Waals surface area contributed by atoms with Gasteiger partial charge in [-0.3, -0.25) is 9.59 Å². The highest BCUT2D eigenvalue weighted by Gasteiger charge is 2.27. The highest BCUT2D eigenvalue weighted by molar-refractivity contribution is 8.01. The lowest BCUT2D eigenvalue weighted by Crippen LogP contribution is -2.36. The monoisotopic (exact) mass is 385 g/mol. The van der Waals surface area contributed by atoms with Crippen LogP contribution in [-0.2, 0) is 9.59 Å². The molecular weight excluding hydrogens is 366 g/mol. The summed E-state index contributed by atoms with van der Waals surface area (Å²) in [4.78, 5) is 25.6. The second-order valence-corrected chi connectivity index (χ2v) is 7.16. The largest absolute Gasteiger partial charge is 0.497 e. The van der Waals surface area contributed by atoms with Gasteiger partial charge in [-0.15, -0.1) is 10.2 Å². The van der Waals surface area contributed by atoms with Crippen molar-refractivity contribution in [2.75, 3.05) is 21.2 Å². The van der Waals surface area contributed by atoms with E-state index < -0.39 is 5.25 Å². The van der Waals surface area contributed by atoms with Crippen molar-refractivity contribution in [2.45, 2.75) is 17.2 Å². The number of amides is 1. The Labute approximate surface area is 160 Å². The van der Waals surface area contributed by atoms with Crippen molar-refractivity contribution in [3.05, 3.63) is 36.4 Å². The van der Waals surface area contributed by atoms with Crippen LogP contribution in [0.2, 0.25) is 0 Å². The molecule has 8 nitrogen and oxygen atoms in total. The molecule has 1 aromatic carbocycles. The third kappa shape index (κ3) is 3.92. The van der Waals surface area contributed by atoms with Crippen LogP contribution in [0.4, 0.5) is 0 Å². The SMILES string of the molecule is COc1ccc(-c2nnc3ccc(SC(C(C)=O)C(=O)N(C)C)nn23)cc1. The molecule has 0 saturated heterocycles. The molecule has 9 heteroatoms. The van der Waals surface area contributed by atoms with Crippen LogP contribution < -0.4 is 4.74 Å². The summed E-state index contributed by atoms with van der Waals surface area (Å²) in [6.07, 6.45) is 0. The van der Waals surface area contributed by atoms with E-state index in [0.29, 0.717) is 16.5 Å². The van der Waals surface area contributed by atoms with Gasteiger partial charge in [0.05, 0.1) is 7.11 Å². The number of carbonyl (C=O) groups excluding carboxylic acids is 2. The molecule has 2 heterocycles. The number of rotatable bonds is 6. The molecule has 0 N–H and O–H groups in total. The van der Waals surface area contributed by atoms with Crippen LogP contribution in [0.1, 0.15) is 6.92 Å². The van der Waals surface area contributed by atoms with Gasteiger partial charge < -0.3 is 9.64 Å². The number of benzene rings is 1. The van der Waals surface area contributed by atoms with E-state index in [2.05, 4.69) is 15.3 Å². The molecule has 3 aromatic rings. The first-order chi connectivity index (χ1) is 12.9. The number of hydrogen-bond donors (Lipinski definition) is 0. The Balaban J connectivity index is 1.96. The minimum Gasteiger partial charge on any atom is -0.497 e. The van der Waals surface area contributed by atoms with Gasteiger partial charge in [0, 0.05) is 19.7 Å². The Kier molecular flexibility index (Phi) is 5.41. The number of carbonyl (C=O) groups is 2. The van der Waals surface area contributed by atoms with Crippen molar-refractivity contribution in [3.8, 4) is 17.1 Å². The second kappa shape index (κ2) is 7.75. The highest BCUT2D eigenvalue weighted by Crippen LogP contribution is 2.26. The Morgan fingerprint density at radius 3 is 2.41 bits per heavy atom. The van der Waals surface area contributed by atoms with E-state index in [0.717, 1.165) is 23.1 Å². The average Bonchev–Trinajstić information content (AvgIpc) is 3.08. The number of ether oxygens (including phenoxy) is 1. The lowest BCUT2D eigenvalue weighted by atomic mass is 10.2. The van der Waals surface area contributed by atoms with Gasteiger partial charge in [0.25, 0.3) is 0 Å². The highest BCUT2D eigenvalue weighted by atomic mass is 32.2. The van der Waals surface area contributed by atoms with Crippen LogP contribution in [0, 0.1) is 0 Å². The van der Waals surface area contributed by atoms with E-state index in [1.54, 1.807) is 37.9 Å². The molecular formula is C18H19N5O3S. The van der Waals surface area contributed by atoms with Crippen molar-refractivity contribution in [2.24, 2.45) is 0 Å². The van der Waals surface area contributed by atoms with Crippen LogP contribution in [0.5, 0.6) is 5.75 Å². The zero-order valence-electron chi connectivity index (χ0n) is 15.4. The van der Waals surface area contributed by atoms with Crippen molar-refractivity contribution in [1.29, 1.82) is 0 Å². The number of hydrogen-bond acceptors (Lipinski definition) is 7. The summed E-state index contributed by atoms with van der Waals surface area (Å²) in [5.41, 5.74) is 1.40. The lowest BCUT2D eigenvalue weighted by Gasteiger charge is -2.17. The zero-order chi connectivity index (χ0) is 19.6.